The highest BCUT2D eigenvalue weighted by atomic mass is 32.1. The van der Waals surface area contributed by atoms with E-state index < -0.39 is 5.97 Å². The Hall–Kier alpha value is -3.71. The Morgan fingerprint density at radius 3 is 2.53 bits per heavy atom. The van der Waals surface area contributed by atoms with Crippen molar-refractivity contribution in [3.8, 4) is 16.8 Å². The maximum Gasteiger partial charge on any atom is 0.341 e. The molecular formula is C25H23N3O3S. The summed E-state index contributed by atoms with van der Waals surface area (Å²) in [7, 11) is 0. The smallest absolute Gasteiger partial charge is 0.341 e. The molecular weight excluding hydrogens is 422 g/mol. The molecule has 6 nitrogen and oxygen atoms in total. The van der Waals surface area contributed by atoms with Gasteiger partial charge in [-0.25, -0.2) is 14.5 Å². The van der Waals surface area contributed by atoms with Crippen LogP contribution < -0.4 is 5.56 Å². The topological polar surface area (TPSA) is 76.4 Å². The van der Waals surface area contributed by atoms with E-state index in [0.29, 0.717) is 21.8 Å². The number of aryl methyl sites for hydroxylation is 2. The Bertz CT molecular complexity index is 1330. The summed E-state index contributed by atoms with van der Waals surface area (Å²) in [5.74, 6) is -0.428. The lowest BCUT2D eigenvalue weighted by Crippen LogP contribution is -2.17. The normalized spacial score (nSPS) is 11.2. The quantitative estimate of drug-likeness (QED) is 0.317. The predicted molar refractivity (Wildman–Crippen MR) is 129 cm³/mol. The molecule has 0 saturated carbocycles. The van der Waals surface area contributed by atoms with Crippen molar-refractivity contribution in [2.45, 2.75) is 20.8 Å². The summed E-state index contributed by atoms with van der Waals surface area (Å²) in [5.41, 5.74) is 4.88. The van der Waals surface area contributed by atoms with Gasteiger partial charge in [0.05, 0.1) is 17.9 Å². The fraction of sp³-hybridized carbons (Fsp3) is 0.160. The standard InChI is InChI=1S/C25H23N3O3S/c1-4-31-25(30)22-21(18-8-6-5-7-9-18)15-32-23(22)26-14-20-17(3)27-28(24(20)29)19-12-10-16(2)11-13-19/h5-15,27H,4H2,1-3H3. The number of ether oxygens (including phenoxy) is 1. The van der Waals surface area contributed by atoms with Gasteiger partial charge in [0.2, 0.25) is 0 Å². The number of aromatic amines is 1. The van der Waals surface area contributed by atoms with E-state index in [2.05, 4.69) is 10.1 Å². The van der Waals surface area contributed by atoms with E-state index >= 15 is 0 Å². The van der Waals surface area contributed by atoms with Crippen LogP contribution in [0.3, 0.4) is 0 Å². The lowest BCUT2D eigenvalue weighted by molar-refractivity contribution is 0.0529. The van der Waals surface area contributed by atoms with Crippen LogP contribution in [-0.2, 0) is 4.74 Å². The zero-order valence-corrected chi connectivity index (χ0v) is 18.9. The minimum atomic E-state index is -0.428. The molecule has 0 bridgehead atoms. The molecule has 0 aliphatic heterocycles. The van der Waals surface area contributed by atoms with Crippen LogP contribution in [0.4, 0.5) is 5.00 Å². The van der Waals surface area contributed by atoms with E-state index in [4.69, 9.17) is 4.74 Å². The Balaban J connectivity index is 1.74. The number of rotatable bonds is 6. The maximum absolute atomic E-state index is 13.0. The van der Waals surface area contributed by atoms with E-state index in [1.54, 1.807) is 6.92 Å². The highest BCUT2D eigenvalue weighted by Crippen LogP contribution is 2.38. The van der Waals surface area contributed by atoms with E-state index in [1.165, 1.54) is 22.2 Å². The first-order valence-electron chi connectivity index (χ1n) is 10.3. The molecule has 4 rings (SSSR count). The van der Waals surface area contributed by atoms with Crippen LogP contribution in [0.25, 0.3) is 16.8 Å². The highest BCUT2D eigenvalue weighted by molar-refractivity contribution is 7.14. The SMILES string of the molecule is CCOC(=O)c1c(-c2ccccc2)csc1N=Cc1c(C)[nH]n(-c2ccc(C)cc2)c1=O. The van der Waals surface area contributed by atoms with Crippen LogP contribution in [-0.4, -0.2) is 28.6 Å². The number of carbonyl (C=O) groups is 1. The Morgan fingerprint density at radius 2 is 1.84 bits per heavy atom. The number of nitrogens with one attached hydrogen (secondary N) is 1. The van der Waals surface area contributed by atoms with Crippen LogP contribution >= 0.6 is 11.3 Å². The second kappa shape index (κ2) is 9.20. The molecule has 4 aromatic rings. The van der Waals surface area contributed by atoms with Crippen molar-refractivity contribution in [2.24, 2.45) is 4.99 Å². The van der Waals surface area contributed by atoms with Gasteiger partial charge in [-0.1, -0.05) is 48.0 Å². The number of aliphatic imine (C=N–C) groups is 1. The Kier molecular flexibility index (Phi) is 6.18. The summed E-state index contributed by atoms with van der Waals surface area (Å²) >= 11 is 1.34. The minimum Gasteiger partial charge on any atom is -0.462 e. The van der Waals surface area contributed by atoms with Gasteiger partial charge in [-0.2, -0.15) is 0 Å². The molecule has 2 aromatic heterocycles. The molecule has 0 aliphatic carbocycles. The van der Waals surface area contributed by atoms with Gasteiger partial charge in [-0.15, -0.1) is 11.3 Å². The van der Waals surface area contributed by atoms with Gasteiger partial charge < -0.3 is 4.74 Å². The molecule has 0 radical (unpaired) electrons. The number of hydrogen-bond acceptors (Lipinski definition) is 5. The molecule has 1 N–H and O–H groups in total. The van der Waals surface area contributed by atoms with E-state index in [-0.39, 0.29) is 12.2 Å². The second-order valence-electron chi connectivity index (χ2n) is 7.30. The van der Waals surface area contributed by atoms with Gasteiger partial charge in [-0.05, 0) is 38.5 Å². The lowest BCUT2D eigenvalue weighted by Gasteiger charge is -2.05. The summed E-state index contributed by atoms with van der Waals surface area (Å²) in [6.45, 7) is 5.86. The summed E-state index contributed by atoms with van der Waals surface area (Å²) in [6.07, 6.45) is 1.52. The first-order valence-corrected chi connectivity index (χ1v) is 11.1. The highest BCUT2D eigenvalue weighted by Gasteiger charge is 2.21. The van der Waals surface area contributed by atoms with E-state index in [1.807, 2.05) is 73.8 Å². The van der Waals surface area contributed by atoms with Crippen LogP contribution in [0.2, 0.25) is 0 Å². The largest absolute Gasteiger partial charge is 0.462 e. The number of esters is 1. The fourth-order valence-corrected chi connectivity index (χ4v) is 4.29. The molecule has 2 heterocycles. The van der Waals surface area contributed by atoms with Crippen molar-refractivity contribution in [1.29, 1.82) is 0 Å². The van der Waals surface area contributed by atoms with Crippen molar-refractivity contribution >= 4 is 28.5 Å². The zero-order valence-electron chi connectivity index (χ0n) is 18.1. The van der Waals surface area contributed by atoms with Gasteiger partial charge in [0.1, 0.15) is 10.6 Å². The first-order chi connectivity index (χ1) is 15.5. The average molecular weight is 446 g/mol. The number of carbonyl (C=O) groups excluding carboxylic acids is 1. The summed E-state index contributed by atoms with van der Waals surface area (Å²) in [6, 6.07) is 17.3. The van der Waals surface area contributed by atoms with Crippen molar-refractivity contribution in [2.75, 3.05) is 6.61 Å². The molecule has 0 atom stereocenters. The molecule has 162 valence electrons. The molecule has 0 fully saturated rings. The van der Waals surface area contributed by atoms with Crippen LogP contribution in [0.1, 0.15) is 34.1 Å². The molecule has 7 heteroatoms. The van der Waals surface area contributed by atoms with Crippen molar-refractivity contribution in [3.63, 3.8) is 0 Å². The summed E-state index contributed by atoms with van der Waals surface area (Å²) < 4.78 is 6.77. The zero-order chi connectivity index (χ0) is 22.7. The number of aromatic nitrogens is 2. The minimum absolute atomic E-state index is 0.201. The van der Waals surface area contributed by atoms with E-state index in [9.17, 15) is 9.59 Å². The Labute approximate surface area is 189 Å². The van der Waals surface area contributed by atoms with Crippen molar-refractivity contribution in [1.82, 2.24) is 9.78 Å². The first kappa shape index (κ1) is 21.5. The second-order valence-corrected chi connectivity index (χ2v) is 8.16. The van der Waals surface area contributed by atoms with Gasteiger partial charge in [0.25, 0.3) is 5.56 Å². The lowest BCUT2D eigenvalue weighted by atomic mass is 10.0. The molecule has 0 aliphatic rings. The summed E-state index contributed by atoms with van der Waals surface area (Å²) in [4.78, 5) is 30.2. The number of thiophene rings is 1. The van der Waals surface area contributed by atoms with Crippen molar-refractivity contribution < 1.29 is 9.53 Å². The molecule has 0 unspecified atom stereocenters. The molecule has 0 saturated heterocycles. The Morgan fingerprint density at radius 1 is 1.12 bits per heavy atom. The number of benzene rings is 2. The maximum atomic E-state index is 13.0. The third kappa shape index (κ3) is 4.20. The van der Waals surface area contributed by atoms with Gasteiger partial charge in [0, 0.05) is 22.9 Å². The van der Waals surface area contributed by atoms with Gasteiger partial charge in [-0.3, -0.25) is 9.89 Å². The molecule has 32 heavy (non-hydrogen) atoms. The van der Waals surface area contributed by atoms with Crippen LogP contribution in [0.15, 0.2) is 69.8 Å². The molecule has 0 amide bonds. The number of hydrogen-bond donors (Lipinski definition) is 1. The monoisotopic (exact) mass is 445 g/mol. The van der Waals surface area contributed by atoms with Gasteiger partial charge >= 0.3 is 5.97 Å². The number of nitrogens with zero attached hydrogens (tertiary/aromatic N) is 2. The molecule has 0 spiro atoms. The molecule has 2 aromatic carbocycles. The number of H-pyrrole nitrogens is 1. The van der Waals surface area contributed by atoms with E-state index in [0.717, 1.165) is 22.4 Å². The van der Waals surface area contributed by atoms with Crippen LogP contribution in [0, 0.1) is 13.8 Å². The van der Waals surface area contributed by atoms with Crippen LogP contribution in [0.5, 0.6) is 0 Å². The third-order valence-corrected chi connectivity index (χ3v) is 5.94. The van der Waals surface area contributed by atoms with Gasteiger partial charge in [0.15, 0.2) is 0 Å². The summed E-state index contributed by atoms with van der Waals surface area (Å²) in [5, 5.41) is 5.49. The predicted octanol–water partition coefficient (Wildman–Crippen LogP) is 5.44. The average Bonchev–Trinajstić information content (AvgIpc) is 3.34. The fourth-order valence-electron chi connectivity index (χ4n) is 3.38. The third-order valence-electron chi connectivity index (χ3n) is 5.06. The van der Waals surface area contributed by atoms with Crippen molar-refractivity contribution in [3.05, 3.63) is 92.7 Å².